The van der Waals surface area contributed by atoms with E-state index in [4.69, 9.17) is 9.98 Å². The molecule has 9 rings (SSSR count). The van der Waals surface area contributed by atoms with Crippen LogP contribution in [0.4, 0.5) is 0 Å². The summed E-state index contributed by atoms with van der Waals surface area (Å²) in [4.78, 5) is 14.8. The van der Waals surface area contributed by atoms with Gasteiger partial charge in [-0.2, -0.15) is 0 Å². The van der Waals surface area contributed by atoms with Gasteiger partial charge in [0.25, 0.3) is 0 Å². The second kappa shape index (κ2) is 10.2. The molecule has 6 aliphatic rings. The number of hydrogen-bond donors (Lipinski definition) is 1. The van der Waals surface area contributed by atoms with E-state index in [1.807, 2.05) is 0 Å². The highest BCUT2D eigenvalue weighted by atomic mass is 14.9. The third-order valence-electron chi connectivity index (χ3n) is 11.3. The zero-order valence-corrected chi connectivity index (χ0v) is 27.5. The number of H-pyrrole nitrogens is 1. The van der Waals surface area contributed by atoms with Crippen molar-refractivity contribution in [2.75, 3.05) is 0 Å². The summed E-state index contributed by atoms with van der Waals surface area (Å²) in [6.07, 6.45) is 25.4. The molecule has 4 heterocycles. The Morgan fingerprint density at radius 2 is 1.49 bits per heavy atom. The molecule has 3 aliphatic carbocycles. The van der Waals surface area contributed by atoms with E-state index in [0.29, 0.717) is 11.8 Å². The molecule has 1 fully saturated rings. The monoisotopic (exact) mass is 609 g/mol. The first kappa shape index (κ1) is 28.2. The van der Waals surface area contributed by atoms with Gasteiger partial charge in [-0.05, 0) is 102 Å². The maximum absolute atomic E-state index is 5.49. The zero-order chi connectivity index (χ0) is 31.9. The minimum atomic E-state index is -0.396. The average molecular weight is 610 g/mol. The lowest BCUT2D eigenvalue weighted by Crippen LogP contribution is -2.20. The minimum Gasteiger partial charge on any atom is -0.354 e. The van der Waals surface area contributed by atoms with Gasteiger partial charge >= 0.3 is 0 Å². The fourth-order valence-electron chi connectivity index (χ4n) is 8.97. The summed E-state index contributed by atoms with van der Waals surface area (Å²) in [5, 5.41) is 2.13. The van der Waals surface area contributed by atoms with Crippen molar-refractivity contribution < 1.29 is 0 Å². The molecule has 2 aromatic carbocycles. The normalized spacial score (nSPS) is 31.6. The first-order valence-electron chi connectivity index (χ1n) is 17.1. The van der Waals surface area contributed by atoms with Gasteiger partial charge in [-0.25, -0.2) is 4.99 Å². The molecule has 3 aliphatic heterocycles. The summed E-state index contributed by atoms with van der Waals surface area (Å²) >= 11 is 0. The van der Waals surface area contributed by atoms with E-state index in [0.717, 1.165) is 40.7 Å². The second-order valence-electron chi connectivity index (χ2n) is 13.8. The van der Waals surface area contributed by atoms with Crippen LogP contribution in [0.5, 0.6) is 0 Å². The van der Waals surface area contributed by atoms with Crippen molar-refractivity contribution in [2.24, 2.45) is 27.2 Å². The first-order chi connectivity index (χ1) is 22.9. The van der Waals surface area contributed by atoms with Gasteiger partial charge in [0.1, 0.15) is 0 Å². The fourth-order valence-corrected chi connectivity index (χ4v) is 8.97. The van der Waals surface area contributed by atoms with Crippen LogP contribution in [0.25, 0.3) is 34.4 Å². The maximum atomic E-state index is 5.49. The molecule has 1 saturated carbocycles. The summed E-state index contributed by atoms with van der Waals surface area (Å²) in [6, 6.07) is 21.5. The Kier molecular flexibility index (Phi) is 6.15. The third-order valence-corrected chi connectivity index (χ3v) is 11.3. The molecule has 0 radical (unpaired) electrons. The lowest BCUT2D eigenvalue weighted by atomic mass is 9.88. The molecule has 8 bridgehead atoms. The van der Waals surface area contributed by atoms with Crippen molar-refractivity contribution in [3.8, 4) is 22.3 Å². The van der Waals surface area contributed by atoms with E-state index >= 15 is 0 Å². The summed E-state index contributed by atoms with van der Waals surface area (Å²) in [6.45, 7) is 9.05. The van der Waals surface area contributed by atoms with Crippen LogP contribution in [0.15, 0.2) is 153 Å². The van der Waals surface area contributed by atoms with E-state index in [2.05, 4.69) is 154 Å². The van der Waals surface area contributed by atoms with Crippen LogP contribution in [-0.2, 0) is 0 Å². The lowest BCUT2D eigenvalue weighted by Gasteiger charge is -2.22. The van der Waals surface area contributed by atoms with Crippen LogP contribution in [0.3, 0.4) is 0 Å². The molecule has 3 nitrogen and oxygen atoms in total. The number of aliphatic imine (C=N–C) groups is 2. The highest BCUT2D eigenvalue weighted by Gasteiger charge is 2.67. The summed E-state index contributed by atoms with van der Waals surface area (Å²) in [5.74, 6) is 0.945. The number of nitrogens with zero attached hydrogens (tertiary/aromatic N) is 2. The van der Waals surface area contributed by atoms with Crippen LogP contribution in [-0.4, -0.2) is 21.9 Å². The predicted octanol–water partition coefficient (Wildman–Crippen LogP) is 8.76. The second-order valence-corrected chi connectivity index (χ2v) is 13.8. The van der Waals surface area contributed by atoms with Crippen LogP contribution in [0.1, 0.15) is 40.5 Å². The average Bonchev–Trinajstić information content (AvgIpc) is 3.25. The number of fused-ring (bicyclic) bond motifs is 7. The molecule has 230 valence electrons. The highest BCUT2D eigenvalue weighted by Crippen LogP contribution is 2.73. The Morgan fingerprint density at radius 3 is 2.17 bits per heavy atom. The lowest BCUT2D eigenvalue weighted by molar-refractivity contribution is 0.668. The van der Waals surface area contributed by atoms with Gasteiger partial charge in [0.15, 0.2) is 0 Å². The Morgan fingerprint density at radius 1 is 0.787 bits per heavy atom. The van der Waals surface area contributed by atoms with E-state index < -0.39 is 5.54 Å². The van der Waals surface area contributed by atoms with Crippen LogP contribution >= 0.6 is 0 Å². The molecule has 4 atom stereocenters. The Hall–Kier alpha value is -5.02. The summed E-state index contributed by atoms with van der Waals surface area (Å²) in [7, 11) is 0. The molecule has 3 heteroatoms. The van der Waals surface area contributed by atoms with Crippen molar-refractivity contribution in [1.82, 2.24) is 4.98 Å². The van der Waals surface area contributed by atoms with Crippen molar-refractivity contribution in [2.45, 2.75) is 46.1 Å². The molecule has 3 aromatic rings. The van der Waals surface area contributed by atoms with Gasteiger partial charge in [0, 0.05) is 33.2 Å². The molecule has 4 unspecified atom stereocenters. The number of rotatable bonds is 4. The largest absolute Gasteiger partial charge is 0.354 e. The van der Waals surface area contributed by atoms with Crippen LogP contribution in [0, 0.1) is 17.3 Å². The molecule has 1 aromatic heterocycles. The number of allylic oxidation sites excluding steroid dienone is 11. The smallest absolute Gasteiger partial charge is 0.0985 e. The maximum Gasteiger partial charge on any atom is 0.0985 e. The number of nitrogens with one attached hydrogen (secondary N) is 1. The zero-order valence-electron chi connectivity index (χ0n) is 27.5. The molecule has 1 N–H and O–H groups in total. The predicted molar refractivity (Wildman–Crippen MR) is 196 cm³/mol. The number of aromatic amines is 1. The summed E-state index contributed by atoms with van der Waals surface area (Å²) < 4.78 is 0. The Bertz CT molecular complexity index is 2280. The Balaban J connectivity index is 1.38. The number of hydrogen-bond acceptors (Lipinski definition) is 2. The van der Waals surface area contributed by atoms with Gasteiger partial charge in [-0.3, -0.25) is 4.99 Å². The summed E-state index contributed by atoms with van der Waals surface area (Å²) in [5.41, 5.74) is 14.2. The Labute approximate surface area is 277 Å². The van der Waals surface area contributed by atoms with Crippen molar-refractivity contribution in [3.63, 3.8) is 0 Å². The van der Waals surface area contributed by atoms with E-state index in [-0.39, 0.29) is 5.41 Å². The highest BCUT2D eigenvalue weighted by molar-refractivity contribution is 6.24. The van der Waals surface area contributed by atoms with Gasteiger partial charge in [-0.1, -0.05) is 105 Å². The standard InChI is InChI=1S/C44H39N3/c1-5-31-22-33-24-38-40(28-15-9-7-10-16-28)41(29-17-11-8-12-18-29)39(46-38)25-37-34(6-2)27(3)36(45-37)23-32-21-30(26-43(31,4)47-33)42-35-19-13-14-20-44(32,35)42/h7-26,35,42,46H,5-6H2,1-4H3/b30-26+,36-23-,38-24-,39-25-. The van der Waals surface area contributed by atoms with Crippen molar-refractivity contribution in [1.29, 1.82) is 0 Å². The molecule has 1 spiro atoms. The molecule has 47 heavy (non-hydrogen) atoms. The SMILES string of the molecule is CCC1=CC2=NC1(C)/C=C1C=C(/C=C3N=C(/C=c4\[nH]/c(c(-c5ccccc5)c4-c4ccccc4)=C\2)C(CC)=C\3C)C23C=CC=CC2C\13. The minimum absolute atomic E-state index is 0.0267. The van der Waals surface area contributed by atoms with Crippen molar-refractivity contribution >= 4 is 23.6 Å². The van der Waals surface area contributed by atoms with Gasteiger partial charge in [0.05, 0.1) is 22.7 Å². The van der Waals surface area contributed by atoms with E-state index in [1.54, 1.807) is 0 Å². The molecular formula is C44H39N3. The fraction of sp³-hybridized carbons (Fsp3) is 0.227. The van der Waals surface area contributed by atoms with Gasteiger partial charge < -0.3 is 4.98 Å². The van der Waals surface area contributed by atoms with Gasteiger partial charge in [0.2, 0.25) is 0 Å². The molecular weight excluding hydrogens is 571 g/mol. The number of aromatic nitrogens is 1. The first-order valence-corrected chi connectivity index (χ1v) is 17.1. The molecule has 0 amide bonds. The van der Waals surface area contributed by atoms with E-state index in [1.165, 1.54) is 50.1 Å². The van der Waals surface area contributed by atoms with Gasteiger partial charge in [-0.15, -0.1) is 0 Å². The topological polar surface area (TPSA) is 40.5 Å². The van der Waals surface area contributed by atoms with E-state index in [9.17, 15) is 0 Å². The third kappa shape index (κ3) is 4.12. The number of benzene rings is 2. The molecule has 0 saturated heterocycles. The van der Waals surface area contributed by atoms with Crippen LogP contribution < -0.4 is 10.7 Å². The quantitative estimate of drug-likeness (QED) is 0.307. The van der Waals surface area contributed by atoms with Crippen molar-refractivity contribution in [3.05, 3.63) is 154 Å². The van der Waals surface area contributed by atoms with Crippen LogP contribution in [0.2, 0.25) is 0 Å².